The number of carbonyl (C=O) groups is 1. The van der Waals surface area contributed by atoms with Gasteiger partial charge in [-0.25, -0.2) is 0 Å². The van der Waals surface area contributed by atoms with Crippen LogP contribution in [0, 0.1) is 6.92 Å². The number of aryl methyl sites for hydroxylation is 1. The van der Waals surface area contributed by atoms with E-state index in [0.29, 0.717) is 0 Å². The molecule has 1 aromatic carbocycles. The van der Waals surface area contributed by atoms with Crippen molar-refractivity contribution in [2.24, 2.45) is 0 Å². The van der Waals surface area contributed by atoms with Crippen LogP contribution >= 0.6 is 0 Å². The van der Waals surface area contributed by atoms with E-state index in [9.17, 15) is 15.0 Å². The topological polar surface area (TPSA) is 69.6 Å². The molecule has 0 heterocycles. The third-order valence-corrected chi connectivity index (χ3v) is 3.64. The van der Waals surface area contributed by atoms with Gasteiger partial charge in [0, 0.05) is 0 Å². The first-order valence-corrected chi connectivity index (χ1v) is 6.29. The summed E-state index contributed by atoms with van der Waals surface area (Å²) < 4.78 is 0. The van der Waals surface area contributed by atoms with Crippen LogP contribution in [0.4, 0.5) is 0 Å². The summed E-state index contributed by atoms with van der Waals surface area (Å²) in [6.07, 6.45) is 3.62. The first-order chi connectivity index (χ1) is 8.56. The maximum Gasteiger partial charge on any atom is 0.255 e. The number of carbonyl (C=O) groups excluding carboxylic acids is 1. The van der Waals surface area contributed by atoms with E-state index in [1.807, 2.05) is 6.92 Å². The molecule has 0 aromatic heterocycles. The maximum atomic E-state index is 12.1. The Morgan fingerprint density at radius 1 is 1.39 bits per heavy atom. The molecule has 0 bridgehead atoms. The lowest BCUT2D eigenvalue weighted by Gasteiger charge is -2.28. The van der Waals surface area contributed by atoms with Crippen LogP contribution in [0.3, 0.4) is 0 Å². The number of phenols is 1. The van der Waals surface area contributed by atoms with Gasteiger partial charge in [0.25, 0.3) is 5.91 Å². The Morgan fingerprint density at radius 2 is 2.06 bits per heavy atom. The first-order valence-electron chi connectivity index (χ1n) is 6.29. The van der Waals surface area contributed by atoms with E-state index in [4.69, 9.17) is 0 Å². The van der Waals surface area contributed by atoms with Crippen LogP contribution in [0.5, 0.6) is 5.75 Å². The van der Waals surface area contributed by atoms with Crippen molar-refractivity contribution in [3.63, 3.8) is 0 Å². The van der Waals surface area contributed by atoms with Gasteiger partial charge in [0.05, 0.1) is 17.7 Å². The number of aromatic hydroxyl groups is 1. The van der Waals surface area contributed by atoms with Gasteiger partial charge >= 0.3 is 0 Å². The molecular formula is C14H19NO3. The summed E-state index contributed by atoms with van der Waals surface area (Å²) in [4.78, 5) is 12.1. The standard InChI is InChI=1S/C14H19NO3/c1-10-4-5-11(12(17)8-10)13(18)15-14(9-16)6-2-3-7-14/h4-5,8,16-17H,2-3,6-7,9H2,1H3,(H,15,18). The lowest BCUT2D eigenvalue weighted by atomic mass is 9.98. The van der Waals surface area contributed by atoms with Crippen LogP contribution in [0.15, 0.2) is 18.2 Å². The number of aliphatic hydroxyl groups is 1. The Hall–Kier alpha value is -1.55. The summed E-state index contributed by atoms with van der Waals surface area (Å²) in [5.74, 6) is -0.331. The summed E-state index contributed by atoms with van der Waals surface area (Å²) in [5, 5.41) is 22.1. The van der Waals surface area contributed by atoms with Crippen molar-refractivity contribution in [2.75, 3.05) is 6.61 Å². The molecule has 4 nitrogen and oxygen atoms in total. The average Bonchev–Trinajstić information content (AvgIpc) is 2.78. The molecule has 4 heteroatoms. The number of hydrogen-bond donors (Lipinski definition) is 3. The fourth-order valence-corrected chi connectivity index (χ4v) is 2.52. The van der Waals surface area contributed by atoms with Crippen molar-refractivity contribution >= 4 is 5.91 Å². The summed E-state index contributed by atoms with van der Waals surface area (Å²) in [7, 11) is 0. The largest absolute Gasteiger partial charge is 0.507 e. The van der Waals surface area contributed by atoms with Crippen LogP contribution in [0.1, 0.15) is 41.6 Å². The number of nitrogens with one attached hydrogen (secondary N) is 1. The number of amides is 1. The molecule has 1 aliphatic rings. The second-order valence-corrected chi connectivity index (χ2v) is 5.12. The molecule has 0 unspecified atom stereocenters. The van der Waals surface area contributed by atoms with Crippen molar-refractivity contribution < 1.29 is 15.0 Å². The van der Waals surface area contributed by atoms with Crippen LogP contribution in [0.2, 0.25) is 0 Å². The summed E-state index contributed by atoms with van der Waals surface area (Å²) in [6.45, 7) is 1.80. The number of hydrogen-bond acceptors (Lipinski definition) is 3. The van der Waals surface area contributed by atoms with Crippen molar-refractivity contribution in [1.82, 2.24) is 5.32 Å². The normalized spacial score (nSPS) is 17.7. The second kappa shape index (κ2) is 4.98. The molecule has 2 rings (SSSR count). The molecule has 0 spiro atoms. The van der Waals surface area contributed by atoms with E-state index in [1.165, 1.54) is 0 Å². The zero-order chi connectivity index (χ0) is 13.2. The maximum absolute atomic E-state index is 12.1. The number of benzene rings is 1. The minimum atomic E-state index is -0.506. The minimum Gasteiger partial charge on any atom is -0.507 e. The van der Waals surface area contributed by atoms with Gasteiger partial charge in [0.1, 0.15) is 5.75 Å². The molecule has 0 radical (unpaired) electrons. The highest BCUT2D eigenvalue weighted by Gasteiger charge is 2.35. The molecule has 0 saturated heterocycles. The molecule has 1 fully saturated rings. The Bertz CT molecular complexity index is 450. The van der Waals surface area contributed by atoms with Gasteiger partial charge < -0.3 is 15.5 Å². The molecule has 98 valence electrons. The van der Waals surface area contributed by atoms with E-state index >= 15 is 0 Å². The highest BCUT2D eigenvalue weighted by molar-refractivity contribution is 5.97. The molecule has 0 atom stereocenters. The van der Waals surface area contributed by atoms with Crippen LogP contribution in [-0.4, -0.2) is 28.3 Å². The second-order valence-electron chi connectivity index (χ2n) is 5.12. The lowest BCUT2D eigenvalue weighted by molar-refractivity contribution is 0.0836. The molecule has 18 heavy (non-hydrogen) atoms. The summed E-state index contributed by atoms with van der Waals surface area (Å²) in [5.41, 5.74) is 0.663. The predicted octanol–water partition coefficient (Wildman–Crippen LogP) is 1.74. The quantitative estimate of drug-likeness (QED) is 0.764. The van der Waals surface area contributed by atoms with Crippen molar-refractivity contribution in [3.8, 4) is 5.75 Å². The van der Waals surface area contributed by atoms with E-state index in [2.05, 4.69) is 5.32 Å². The van der Waals surface area contributed by atoms with Gasteiger partial charge in [0.2, 0.25) is 0 Å². The van der Waals surface area contributed by atoms with E-state index in [0.717, 1.165) is 31.2 Å². The van der Waals surface area contributed by atoms with Gasteiger partial charge in [-0.15, -0.1) is 0 Å². The molecule has 1 aromatic rings. The first kappa shape index (κ1) is 12.9. The van der Waals surface area contributed by atoms with Gasteiger partial charge in [0.15, 0.2) is 0 Å². The molecule has 3 N–H and O–H groups in total. The lowest BCUT2D eigenvalue weighted by Crippen LogP contribution is -2.49. The smallest absolute Gasteiger partial charge is 0.255 e. The highest BCUT2D eigenvalue weighted by atomic mass is 16.3. The summed E-state index contributed by atoms with van der Waals surface area (Å²) >= 11 is 0. The Labute approximate surface area is 107 Å². The SMILES string of the molecule is Cc1ccc(C(=O)NC2(CO)CCCC2)c(O)c1. The van der Waals surface area contributed by atoms with Crippen molar-refractivity contribution in [1.29, 1.82) is 0 Å². The third kappa shape index (κ3) is 2.48. The van der Waals surface area contributed by atoms with Crippen LogP contribution in [-0.2, 0) is 0 Å². The van der Waals surface area contributed by atoms with E-state index in [-0.39, 0.29) is 23.8 Å². The van der Waals surface area contributed by atoms with Crippen LogP contribution < -0.4 is 5.32 Å². The third-order valence-electron chi connectivity index (χ3n) is 3.64. The molecule has 1 amide bonds. The number of phenolic OH excluding ortho intramolecular Hbond substituents is 1. The Kier molecular flexibility index (Phi) is 3.57. The Morgan fingerprint density at radius 3 is 2.61 bits per heavy atom. The van der Waals surface area contributed by atoms with Crippen LogP contribution in [0.25, 0.3) is 0 Å². The highest BCUT2D eigenvalue weighted by Crippen LogP contribution is 2.30. The molecule has 0 aliphatic heterocycles. The van der Waals surface area contributed by atoms with Crippen molar-refractivity contribution in [2.45, 2.75) is 38.1 Å². The minimum absolute atomic E-state index is 0.0152. The zero-order valence-electron chi connectivity index (χ0n) is 10.6. The average molecular weight is 249 g/mol. The van der Waals surface area contributed by atoms with Gasteiger partial charge in [-0.2, -0.15) is 0 Å². The Balaban J connectivity index is 2.16. The van der Waals surface area contributed by atoms with E-state index in [1.54, 1.807) is 18.2 Å². The fraction of sp³-hybridized carbons (Fsp3) is 0.500. The number of aliphatic hydroxyl groups excluding tert-OH is 1. The monoisotopic (exact) mass is 249 g/mol. The fourth-order valence-electron chi connectivity index (χ4n) is 2.52. The molecule has 1 aliphatic carbocycles. The van der Waals surface area contributed by atoms with Gasteiger partial charge in [-0.3, -0.25) is 4.79 Å². The zero-order valence-corrected chi connectivity index (χ0v) is 10.6. The molecule has 1 saturated carbocycles. The number of rotatable bonds is 3. The van der Waals surface area contributed by atoms with Crippen molar-refractivity contribution in [3.05, 3.63) is 29.3 Å². The van der Waals surface area contributed by atoms with Gasteiger partial charge in [-0.1, -0.05) is 18.9 Å². The van der Waals surface area contributed by atoms with Gasteiger partial charge in [-0.05, 0) is 37.5 Å². The predicted molar refractivity (Wildman–Crippen MR) is 68.6 cm³/mol. The molecular weight excluding hydrogens is 230 g/mol. The van der Waals surface area contributed by atoms with E-state index < -0.39 is 5.54 Å². The summed E-state index contributed by atoms with van der Waals surface area (Å²) in [6, 6.07) is 4.96.